The van der Waals surface area contributed by atoms with Crippen LogP contribution < -0.4 is 0 Å². The van der Waals surface area contributed by atoms with Gasteiger partial charge in [0.1, 0.15) is 24.4 Å². The van der Waals surface area contributed by atoms with E-state index in [4.69, 9.17) is 9.47 Å². The van der Waals surface area contributed by atoms with Crippen LogP contribution in [0.15, 0.2) is 11.6 Å². The molecule has 2 heterocycles. The first-order valence-corrected chi connectivity index (χ1v) is 9.80. The predicted octanol–water partition coefficient (Wildman–Crippen LogP) is -1.54. The van der Waals surface area contributed by atoms with Crippen molar-refractivity contribution >= 4 is 17.7 Å². The molecule has 9 heteroatoms. The van der Waals surface area contributed by atoms with Crippen molar-refractivity contribution in [2.45, 2.75) is 56.7 Å². The van der Waals surface area contributed by atoms with Crippen LogP contribution in [0.4, 0.5) is 0 Å². The van der Waals surface area contributed by atoms with Gasteiger partial charge < -0.3 is 29.9 Å². The van der Waals surface area contributed by atoms with Gasteiger partial charge in [-0.3, -0.25) is 4.79 Å². The fourth-order valence-electron chi connectivity index (χ4n) is 7.62. The number of allylic oxidation sites excluding steroid dienone is 1. The number of fused-ring (bicyclic) bond motifs is 1. The molecule has 1 spiro atoms. The maximum absolute atomic E-state index is 12.9. The summed E-state index contributed by atoms with van der Waals surface area (Å²) in [4.78, 5) is 37.9. The number of esters is 2. The first-order valence-electron chi connectivity index (χ1n) is 9.80. The number of carbonyl (C=O) groups excluding carboxylic acids is 3. The molecule has 4 fully saturated rings. The van der Waals surface area contributed by atoms with Gasteiger partial charge in [0.15, 0.2) is 17.5 Å². The van der Waals surface area contributed by atoms with E-state index in [9.17, 15) is 34.8 Å². The largest absolute Gasteiger partial charge is 0.463 e. The summed E-state index contributed by atoms with van der Waals surface area (Å²) >= 11 is 0. The van der Waals surface area contributed by atoms with Crippen LogP contribution in [0.1, 0.15) is 27.2 Å². The van der Waals surface area contributed by atoms with E-state index in [0.717, 1.165) is 0 Å². The minimum absolute atomic E-state index is 0.154. The zero-order valence-electron chi connectivity index (χ0n) is 16.3. The SMILES string of the molecule is CC1=CC(=O)C(O)C2(C)C1CC1OC(=O)C(O)C3(O)C(C)C4(O)C(=O)OCC13C42. The molecule has 0 aromatic rings. The number of ketones is 1. The molecule has 5 rings (SSSR count). The number of rotatable bonds is 0. The van der Waals surface area contributed by atoms with Gasteiger partial charge in [-0.25, -0.2) is 9.59 Å². The maximum Gasteiger partial charge on any atom is 0.338 e. The van der Waals surface area contributed by atoms with E-state index in [1.807, 2.05) is 0 Å². The monoisotopic (exact) mass is 408 g/mol. The van der Waals surface area contributed by atoms with Crippen LogP contribution in [0.3, 0.4) is 0 Å². The molecule has 2 aliphatic heterocycles. The van der Waals surface area contributed by atoms with Crippen molar-refractivity contribution in [3.8, 4) is 0 Å². The lowest BCUT2D eigenvalue weighted by Gasteiger charge is -2.65. The highest BCUT2D eigenvalue weighted by molar-refractivity contribution is 5.96. The molecule has 10 atom stereocenters. The second kappa shape index (κ2) is 5.08. The number of hydrogen-bond acceptors (Lipinski definition) is 9. The lowest BCUT2D eigenvalue weighted by molar-refractivity contribution is -0.306. The second-order valence-corrected chi connectivity index (χ2v) is 9.60. The first kappa shape index (κ1) is 19.2. The molecule has 0 amide bonds. The van der Waals surface area contributed by atoms with Gasteiger partial charge in [0.2, 0.25) is 0 Å². The molecular weight excluding hydrogens is 384 g/mol. The molecule has 2 bridgehead atoms. The van der Waals surface area contributed by atoms with Crippen molar-refractivity contribution in [3.63, 3.8) is 0 Å². The molecule has 4 N–H and O–H groups in total. The highest BCUT2D eigenvalue weighted by atomic mass is 16.6. The van der Waals surface area contributed by atoms with Gasteiger partial charge in [0, 0.05) is 17.3 Å². The van der Waals surface area contributed by atoms with E-state index < -0.39 is 82.4 Å². The van der Waals surface area contributed by atoms with Crippen molar-refractivity contribution < 1.29 is 44.3 Å². The molecule has 5 aliphatic rings. The Morgan fingerprint density at radius 1 is 1.14 bits per heavy atom. The summed E-state index contributed by atoms with van der Waals surface area (Å²) < 4.78 is 10.8. The van der Waals surface area contributed by atoms with Crippen molar-refractivity contribution in [2.24, 2.45) is 28.6 Å². The number of cyclic esters (lactones) is 1. The number of aliphatic hydroxyl groups is 4. The Hall–Kier alpha value is -1.81. The Balaban J connectivity index is 1.87. The van der Waals surface area contributed by atoms with Crippen molar-refractivity contribution in [1.82, 2.24) is 0 Å². The average Bonchev–Trinajstić information content (AvgIpc) is 2.79. The maximum atomic E-state index is 12.9. The zero-order valence-corrected chi connectivity index (χ0v) is 16.3. The number of carbonyl (C=O) groups is 3. The summed E-state index contributed by atoms with van der Waals surface area (Å²) in [6.07, 6.45) is -3.04. The molecule has 3 aliphatic carbocycles. The van der Waals surface area contributed by atoms with Crippen molar-refractivity contribution in [1.29, 1.82) is 0 Å². The Kier molecular flexibility index (Phi) is 3.36. The molecule has 2 saturated heterocycles. The van der Waals surface area contributed by atoms with E-state index in [1.54, 1.807) is 13.8 Å². The lowest BCUT2D eigenvalue weighted by Crippen LogP contribution is -2.77. The van der Waals surface area contributed by atoms with E-state index in [2.05, 4.69) is 0 Å². The van der Waals surface area contributed by atoms with Crippen LogP contribution in [-0.2, 0) is 23.9 Å². The summed E-state index contributed by atoms with van der Waals surface area (Å²) in [6.45, 7) is 4.31. The van der Waals surface area contributed by atoms with Gasteiger partial charge in [-0.1, -0.05) is 19.4 Å². The van der Waals surface area contributed by atoms with Gasteiger partial charge in [-0.2, -0.15) is 0 Å². The minimum Gasteiger partial charge on any atom is -0.463 e. The van der Waals surface area contributed by atoms with E-state index in [1.165, 1.54) is 13.0 Å². The Morgan fingerprint density at radius 3 is 2.45 bits per heavy atom. The highest BCUT2D eigenvalue weighted by Gasteiger charge is 2.90. The van der Waals surface area contributed by atoms with Gasteiger partial charge in [-0.05, 0) is 25.3 Å². The van der Waals surface area contributed by atoms with Gasteiger partial charge in [0.25, 0.3) is 0 Å². The quantitative estimate of drug-likeness (QED) is 0.350. The molecule has 9 nitrogen and oxygen atoms in total. The summed E-state index contributed by atoms with van der Waals surface area (Å²) in [5.41, 5.74) is -6.83. The van der Waals surface area contributed by atoms with Crippen LogP contribution in [0.5, 0.6) is 0 Å². The first-order chi connectivity index (χ1) is 13.4. The molecule has 2 saturated carbocycles. The smallest absolute Gasteiger partial charge is 0.338 e. The molecule has 10 unspecified atom stereocenters. The molecular formula is C20H24O9. The standard InChI is InChI=1S/C20H24O9/c1-7-4-10(21)12(22)17(3)9(7)5-11-18-6-28-16(25)19(26,15(17)18)8(2)20(18,27)13(23)14(24)29-11/h4,8-9,11-13,15,22-23,26-27H,5-6H2,1-3H3. The van der Waals surface area contributed by atoms with Crippen LogP contribution in [0.2, 0.25) is 0 Å². The second-order valence-electron chi connectivity index (χ2n) is 9.60. The summed E-state index contributed by atoms with van der Waals surface area (Å²) in [7, 11) is 0. The Bertz CT molecular complexity index is 896. The average molecular weight is 408 g/mol. The third-order valence-corrected chi connectivity index (χ3v) is 8.86. The van der Waals surface area contributed by atoms with Gasteiger partial charge >= 0.3 is 11.9 Å². The summed E-state index contributed by atoms with van der Waals surface area (Å²) in [5.74, 6) is -5.57. The molecule has 0 aromatic carbocycles. The zero-order chi connectivity index (χ0) is 21.3. The Labute approximate surface area is 166 Å². The lowest BCUT2D eigenvalue weighted by atomic mass is 9.42. The van der Waals surface area contributed by atoms with Crippen LogP contribution in [0.25, 0.3) is 0 Å². The molecule has 0 aromatic heterocycles. The fraction of sp³-hybridized carbons (Fsp3) is 0.750. The highest BCUT2D eigenvalue weighted by Crippen LogP contribution is 2.75. The van der Waals surface area contributed by atoms with Crippen LogP contribution >= 0.6 is 0 Å². The predicted molar refractivity (Wildman–Crippen MR) is 92.8 cm³/mol. The minimum atomic E-state index is -2.33. The van der Waals surface area contributed by atoms with E-state index in [0.29, 0.717) is 5.57 Å². The van der Waals surface area contributed by atoms with E-state index in [-0.39, 0.29) is 6.42 Å². The third kappa shape index (κ3) is 1.62. The topological polar surface area (TPSA) is 151 Å². The summed E-state index contributed by atoms with van der Waals surface area (Å²) in [5, 5.41) is 45.1. The van der Waals surface area contributed by atoms with Crippen molar-refractivity contribution in [3.05, 3.63) is 11.6 Å². The normalized spacial score (nSPS) is 58.0. The summed E-state index contributed by atoms with van der Waals surface area (Å²) in [6, 6.07) is 0. The van der Waals surface area contributed by atoms with Gasteiger partial charge in [0.05, 0.1) is 5.41 Å². The van der Waals surface area contributed by atoms with Crippen molar-refractivity contribution in [2.75, 3.05) is 6.61 Å². The molecule has 158 valence electrons. The van der Waals surface area contributed by atoms with E-state index >= 15 is 0 Å². The van der Waals surface area contributed by atoms with Crippen LogP contribution in [-0.4, -0.2) is 74.3 Å². The third-order valence-electron chi connectivity index (χ3n) is 8.86. The molecule has 29 heavy (non-hydrogen) atoms. The van der Waals surface area contributed by atoms with Crippen LogP contribution in [0, 0.1) is 28.6 Å². The number of aliphatic hydroxyl groups excluding tert-OH is 2. The molecule has 0 radical (unpaired) electrons. The number of ether oxygens (including phenoxy) is 2. The fourth-order valence-corrected chi connectivity index (χ4v) is 7.62. The van der Waals surface area contributed by atoms with Gasteiger partial charge in [-0.15, -0.1) is 0 Å². The number of hydrogen-bond donors (Lipinski definition) is 4. The Morgan fingerprint density at radius 2 is 1.79 bits per heavy atom.